The second-order valence-electron chi connectivity index (χ2n) is 2.26. The van der Waals surface area contributed by atoms with Gasteiger partial charge in [0.2, 0.25) is 0 Å². The van der Waals surface area contributed by atoms with E-state index in [1.54, 1.807) is 10.7 Å². The Labute approximate surface area is 78.1 Å². The SMILES string of the molecule is OCc1cc([NH2+]O)nn1CCBr. The van der Waals surface area contributed by atoms with Crippen LogP contribution in [0.15, 0.2) is 6.07 Å². The Morgan fingerprint density at radius 2 is 2.42 bits per heavy atom. The average molecular weight is 237 g/mol. The second-order valence-corrected chi connectivity index (χ2v) is 3.05. The van der Waals surface area contributed by atoms with Crippen LogP contribution in [0.2, 0.25) is 0 Å². The standard InChI is InChI=1S/C6H10BrN3O2/c7-1-2-10-5(4-11)3-6(8-10)9-12/h3,11-12H,1-2,4H2,(H,8,9)/p+1. The first kappa shape index (κ1) is 9.66. The van der Waals surface area contributed by atoms with E-state index < -0.39 is 0 Å². The van der Waals surface area contributed by atoms with Crippen molar-refractivity contribution in [1.82, 2.24) is 9.78 Å². The summed E-state index contributed by atoms with van der Waals surface area (Å²) < 4.78 is 1.65. The quantitative estimate of drug-likeness (QED) is 0.481. The lowest BCUT2D eigenvalue weighted by molar-refractivity contribution is -0.828. The Balaban J connectivity index is 2.84. The number of halogens is 1. The van der Waals surface area contributed by atoms with Crippen LogP contribution in [0, 0.1) is 0 Å². The van der Waals surface area contributed by atoms with Gasteiger partial charge < -0.3 is 5.11 Å². The maximum absolute atomic E-state index is 8.88. The highest BCUT2D eigenvalue weighted by molar-refractivity contribution is 9.09. The summed E-state index contributed by atoms with van der Waals surface area (Å²) in [7, 11) is 0. The molecule has 0 aromatic carbocycles. The van der Waals surface area contributed by atoms with Gasteiger partial charge in [-0.3, -0.25) is 4.68 Å². The van der Waals surface area contributed by atoms with Gasteiger partial charge in [-0.05, 0) is 0 Å². The van der Waals surface area contributed by atoms with Crippen molar-refractivity contribution >= 4 is 21.7 Å². The van der Waals surface area contributed by atoms with Crippen LogP contribution in [0.3, 0.4) is 0 Å². The van der Waals surface area contributed by atoms with Crippen LogP contribution in [0.25, 0.3) is 0 Å². The molecule has 6 heteroatoms. The molecule has 5 nitrogen and oxygen atoms in total. The molecule has 0 amide bonds. The highest BCUT2D eigenvalue weighted by atomic mass is 79.9. The smallest absolute Gasteiger partial charge is 0.275 e. The largest absolute Gasteiger partial charge is 0.390 e. The molecule has 0 spiro atoms. The van der Waals surface area contributed by atoms with E-state index in [1.807, 2.05) is 0 Å². The third-order valence-corrected chi connectivity index (χ3v) is 1.83. The number of nitrogens with two attached hydrogens (primary N) is 1. The molecule has 1 rings (SSSR count). The predicted octanol–water partition coefficient (Wildman–Crippen LogP) is -0.646. The molecule has 4 N–H and O–H groups in total. The van der Waals surface area contributed by atoms with Crippen LogP contribution >= 0.6 is 15.9 Å². The number of aliphatic hydroxyl groups excluding tert-OH is 1. The molecule has 0 saturated heterocycles. The highest BCUT2D eigenvalue weighted by Crippen LogP contribution is 2.05. The van der Waals surface area contributed by atoms with Gasteiger partial charge in [-0.1, -0.05) is 15.9 Å². The lowest BCUT2D eigenvalue weighted by Gasteiger charge is -1.99. The van der Waals surface area contributed by atoms with Gasteiger partial charge in [-0.15, -0.1) is 5.10 Å². The first-order valence-corrected chi connectivity index (χ1v) is 4.65. The molecule has 68 valence electrons. The molecular weight excluding hydrogens is 226 g/mol. The van der Waals surface area contributed by atoms with Crippen LogP contribution in [-0.2, 0) is 13.2 Å². The van der Waals surface area contributed by atoms with Crippen LogP contribution in [0.5, 0.6) is 0 Å². The first-order chi connectivity index (χ1) is 5.81. The van der Waals surface area contributed by atoms with Crippen molar-refractivity contribution < 1.29 is 15.8 Å². The zero-order valence-electron chi connectivity index (χ0n) is 6.44. The van der Waals surface area contributed by atoms with Crippen molar-refractivity contribution in [3.63, 3.8) is 0 Å². The number of hydrogen-bond donors (Lipinski definition) is 3. The van der Waals surface area contributed by atoms with Gasteiger partial charge in [-0.2, -0.15) is 5.48 Å². The van der Waals surface area contributed by atoms with Gasteiger partial charge in [0.15, 0.2) is 0 Å². The monoisotopic (exact) mass is 236 g/mol. The van der Waals surface area contributed by atoms with Crippen LogP contribution in [0.4, 0.5) is 5.82 Å². The minimum atomic E-state index is -0.0617. The van der Waals surface area contributed by atoms with E-state index in [1.165, 1.54) is 0 Å². The van der Waals surface area contributed by atoms with E-state index in [0.717, 1.165) is 10.8 Å². The van der Waals surface area contributed by atoms with Gasteiger partial charge in [0.05, 0.1) is 18.8 Å². The molecule has 12 heavy (non-hydrogen) atoms. The van der Waals surface area contributed by atoms with Gasteiger partial charge in [0, 0.05) is 11.4 Å². The molecule has 0 fully saturated rings. The number of alkyl halides is 1. The Hall–Kier alpha value is -0.430. The molecule has 0 atom stereocenters. The summed E-state index contributed by atoms with van der Waals surface area (Å²) in [6.07, 6.45) is 0. The Bertz CT molecular complexity index is 251. The topological polar surface area (TPSA) is 74.9 Å². The third kappa shape index (κ3) is 2.04. The second kappa shape index (κ2) is 4.56. The van der Waals surface area contributed by atoms with Gasteiger partial charge in [0.25, 0.3) is 5.82 Å². The zero-order chi connectivity index (χ0) is 8.97. The van der Waals surface area contributed by atoms with Crippen molar-refractivity contribution in [2.24, 2.45) is 0 Å². The van der Waals surface area contributed by atoms with Crippen LogP contribution in [-0.4, -0.2) is 25.4 Å². The maximum atomic E-state index is 8.88. The lowest BCUT2D eigenvalue weighted by Crippen LogP contribution is -2.74. The van der Waals surface area contributed by atoms with E-state index in [2.05, 4.69) is 21.0 Å². The van der Waals surface area contributed by atoms with Crippen molar-refractivity contribution in [3.8, 4) is 0 Å². The summed E-state index contributed by atoms with van der Waals surface area (Å²) in [5, 5.41) is 22.3. The van der Waals surface area contributed by atoms with Crippen LogP contribution in [0.1, 0.15) is 5.69 Å². The maximum Gasteiger partial charge on any atom is 0.275 e. The Morgan fingerprint density at radius 1 is 1.67 bits per heavy atom. The predicted molar refractivity (Wildman–Crippen MR) is 45.3 cm³/mol. The molecule has 0 radical (unpaired) electrons. The van der Waals surface area contributed by atoms with Crippen molar-refractivity contribution in [2.75, 3.05) is 5.33 Å². The van der Waals surface area contributed by atoms with E-state index >= 15 is 0 Å². The molecule has 0 aliphatic rings. The molecule has 1 heterocycles. The molecule has 1 aromatic rings. The number of rotatable bonds is 4. The number of quaternary nitrogens is 1. The van der Waals surface area contributed by atoms with E-state index in [-0.39, 0.29) is 6.61 Å². The Morgan fingerprint density at radius 3 is 2.92 bits per heavy atom. The molecule has 0 aliphatic carbocycles. The van der Waals surface area contributed by atoms with Gasteiger partial charge in [0.1, 0.15) is 0 Å². The number of aryl methyl sites for hydroxylation is 1. The Kier molecular flexibility index (Phi) is 3.67. The fourth-order valence-corrected chi connectivity index (χ4v) is 1.28. The molecule has 0 saturated carbocycles. The van der Waals surface area contributed by atoms with E-state index in [9.17, 15) is 0 Å². The van der Waals surface area contributed by atoms with E-state index in [4.69, 9.17) is 10.3 Å². The summed E-state index contributed by atoms with van der Waals surface area (Å²) in [5.74, 6) is 0.472. The molecule has 0 bridgehead atoms. The molecule has 0 unspecified atom stereocenters. The number of nitrogens with zero attached hydrogens (tertiary/aromatic N) is 2. The first-order valence-electron chi connectivity index (χ1n) is 3.52. The third-order valence-electron chi connectivity index (χ3n) is 1.47. The van der Waals surface area contributed by atoms with Crippen molar-refractivity contribution in [3.05, 3.63) is 11.8 Å². The minimum absolute atomic E-state index is 0.0617. The summed E-state index contributed by atoms with van der Waals surface area (Å²) in [4.78, 5) is 0. The van der Waals surface area contributed by atoms with Gasteiger partial charge >= 0.3 is 0 Å². The fraction of sp³-hybridized carbons (Fsp3) is 0.500. The number of aliphatic hydroxyl groups is 1. The highest BCUT2D eigenvalue weighted by Gasteiger charge is 2.07. The number of aromatic nitrogens is 2. The van der Waals surface area contributed by atoms with Crippen LogP contribution < -0.4 is 5.48 Å². The van der Waals surface area contributed by atoms with Crippen molar-refractivity contribution in [1.29, 1.82) is 0 Å². The molecular formula is C6H11BrN3O2+. The summed E-state index contributed by atoms with van der Waals surface area (Å²) in [5.41, 5.74) is 1.62. The van der Waals surface area contributed by atoms with Crippen molar-refractivity contribution in [2.45, 2.75) is 13.2 Å². The minimum Gasteiger partial charge on any atom is -0.390 e. The van der Waals surface area contributed by atoms with Gasteiger partial charge in [-0.25, -0.2) is 5.21 Å². The fourth-order valence-electron chi connectivity index (χ4n) is 0.942. The summed E-state index contributed by atoms with van der Waals surface area (Å²) in [6, 6.07) is 1.64. The number of hydrogen-bond acceptors (Lipinski definition) is 3. The summed E-state index contributed by atoms with van der Waals surface area (Å²) in [6.45, 7) is 0.623. The van der Waals surface area contributed by atoms with E-state index in [0.29, 0.717) is 18.1 Å². The molecule has 0 aliphatic heterocycles. The lowest BCUT2D eigenvalue weighted by atomic mass is 10.4. The zero-order valence-corrected chi connectivity index (χ0v) is 8.03. The normalized spacial score (nSPS) is 10.6. The average Bonchev–Trinajstić information content (AvgIpc) is 2.48. The molecule has 1 aromatic heterocycles. The summed E-state index contributed by atoms with van der Waals surface area (Å²) >= 11 is 3.27.